The summed E-state index contributed by atoms with van der Waals surface area (Å²) in [6, 6.07) is 0.190. The minimum absolute atomic E-state index is 0.0605. The van der Waals surface area contributed by atoms with Gasteiger partial charge in [0.05, 0.1) is 31.8 Å². The predicted octanol–water partition coefficient (Wildman–Crippen LogP) is 0.398. The lowest BCUT2D eigenvalue weighted by molar-refractivity contribution is -0.126. The zero-order valence-corrected chi connectivity index (χ0v) is 11.9. The second-order valence-electron chi connectivity index (χ2n) is 5.12. The molecule has 2 N–H and O–H groups in total. The Balaban J connectivity index is 2.52. The number of ether oxygens (including phenoxy) is 2. The summed E-state index contributed by atoms with van der Waals surface area (Å²) in [6.07, 6.45) is 0. The quantitative estimate of drug-likeness (QED) is 0.694. The van der Waals surface area contributed by atoms with Crippen LogP contribution in [-0.2, 0) is 14.3 Å². The first-order valence-corrected chi connectivity index (χ1v) is 6.70. The molecule has 3 unspecified atom stereocenters. The van der Waals surface area contributed by atoms with Crippen LogP contribution in [0.5, 0.6) is 0 Å². The summed E-state index contributed by atoms with van der Waals surface area (Å²) >= 11 is 0. The molecule has 0 aliphatic carbocycles. The Bertz CT molecular complexity index is 259. The molecule has 1 aliphatic rings. The fourth-order valence-electron chi connectivity index (χ4n) is 2.15. The van der Waals surface area contributed by atoms with Crippen LogP contribution in [0.15, 0.2) is 0 Å². The van der Waals surface area contributed by atoms with Crippen molar-refractivity contribution in [2.45, 2.75) is 32.9 Å². The molecule has 1 aliphatic heterocycles. The largest absolute Gasteiger partial charge is 0.383 e. The lowest BCUT2D eigenvalue weighted by Gasteiger charge is -2.25. The van der Waals surface area contributed by atoms with Gasteiger partial charge in [-0.2, -0.15) is 0 Å². The number of methoxy groups -OCH3 is 1. The normalized spacial score (nSPS) is 25.4. The van der Waals surface area contributed by atoms with E-state index < -0.39 is 0 Å². The van der Waals surface area contributed by atoms with Crippen molar-refractivity contribution >= 4 is 5.91 Å². The van der Waals surface area contributed by atoms with Crippen molar-refractivity contribution < 1.29 is 14.3 Å². The van der Waals surface area contributed by atoms with Gasteiger partial charge in [0.1, 0.15) is 0 Å². The van der Waals surface area contributed by atoms with E-state index in [1.807, 2.05) is 6.92 Å². The summed E-state index contributed by atoms with van der Waals surface area (Å²) in [5.74, 6) is 0.325. The lowest BCUT2D eigenvalue weighted by Crippen LogP contribution is -2.49. The third-order valence-corrected chi connectivity index (χ3v) is 3.36. The summed E-state index contributed by atoms with van der Waals surface area (Å²) < 4.78 is 10.5. The van der Waals surface area contributed by atoms with Crippen LogP contribution in [0.4, 0.5) is 0 Å². The molecule has 1 heterocycles. The number of rotatable bonds is 7. The summed E-state index contributed by atoms with van der Waals surface area (Å²) in [6.45, 7) is 8.71. The summed E-state index contributed by atoms with van der Waals surface area (Å²) in [5, 5.41) is 6.36. The van der Waals surface area contributed by atoms with Gasteiger partial charge in [-0.25, -0.2) is 0 Å². The van der Waals surface area contributed by atoms with Crippen molar-refractivity contribution in [2.24, 2.45) is 11.8 Å². The van der Waals surface area contributed by atoms with Crippen molar-refractivity contribution in [3.05, 3.63) is 0 Å². The molecule has 1 amide bonds. The Morgan fingerprint density at radius 3 is 2.72 bits per heavy atom. The fraction of sp³-hybridized carbons (Fsp3) is 0.923. The Morgan fingerprint density at radius 1 is 1.44 bits per heavy atom. The van der Waals surface area contributed by atoms with Gasteiger partial charge in [-0.15, -0.1) is 0 Å². The van der Waals surface area contributed by atoms with E-state index >= 15 is 0 Å². The molecule has 106 valence electrons. The molecule has 3 atom stereocenters. The zero-order chi connectivity index (χ0) is 13.5. The van der Waals surface area contributed by atoms with E-state index in [4.69, 9.17) is 9.47 Å². The monoisotopic (exact) mass is 258 g/mol. The highest BCUT2D eigenvalue weighted by molar-refractivity contribution is 5.80. The van der Waals surface area contributed by atoms with Crippen LogP contribution in [0.2, 0.25) is 0 Å². The Kier molecular flexibility index (Phi) is 6.60. The van der Waals surface area contributed by atoms with E-state index in [2.05, 4.69) is 24.5 Å². The van der Waals surface area contributed by atoms with Gasteiger partial charge in [0, 0.05) is 13.2 Å². The van der Waals surface area contributed by atoms with Crippen molar-refractivity contribution in [3.8, 4) is 0 Å². The van der Waals surface area contributed by atoms with Crippen LogP contribution in [0.3, 0.4) is 0 Å². The van der Waals surface area contributed by atoms with Gasteiger partial charge >= 0.3 is 0 Å². The molecule has 18 heavy (non-hydrogen) atoms. The minimum Gasteiger partial charge on any atom is -0.383 e. The average molecular weight is 258 g/mol. The van der Waals surface area contributed by atoms with Gasteiger partial charge in [0.15, 0.2) is 0 Å². The highest BCUT2D eigenvalue weighted by Crippen LogP contribution is 2.15. The first-order valence-electron chi connectivity index (χ1n) is 6.70. The van der Waals surface area contributed by atoms with E-state index in [0.29, 0.717) is 25.7 Å². The molecule has 0 aromatic rings. The van der Waals surface area contributed by atoms with Crippen LogP contribution < -0.4 is 10.6 Å². The molecule has 0 radical (unpaired) electrons. The Hall–Kier alpha value is -0.650. The van der Waals surface area contributed by atoms with Gasteiger partial charge in [-0.05, 0) is 12.5 Å². The summed E-state index contributed by atoms with van der Waals surface area (Å²) in [5.41, 5.74) is 0. The molecular formula is C13H26N2O3. The third-order valence-electron chi connectivity index (χ3n) is 3.36. The summed E-state index contributed by atoms with van der Waals surface area (Å²) in [7, 11) is 1.65. The number of nitrogens with one attached hydrogen (secondary N) is 2. The smallest absolute Gasteiger partial charge is 0.227 e. The predicted molar refractivity (Wildman–Crippen MR) is 70.4 cm³/mol. The number of hydrogen-bond donors (Lipinski definition) is 2. The number of amides is 1. The maximum Gasteiger partial charge on any atom is 0.227 e. The second kappa shape index (κ2) is 7.71. The van der Waals surface area contributed by atoms with Crippen molar-refractivity contribution in [1.29, 1.82) is 0 Å². The molecule has 0 saturated carbocycles. The average Bonchev–Trinajstić information content (AvgIpc) is 2.77. The number of carbonyl (C=O) groups excluding carboxylic acids is 1. The molecule has 5 heteroatoms. The number of carbonyl (C=O) groups is 1. The van der Waals surface area contributed by atoms with E-state index in [-0.39, 0.29) is 23.9 Å². The van der Waals surface area contributed by atoms with Crippen LogP contribution in [0, 0.1) is 11.8 Å². The first-order chi connectivity index (χ1) is 8.60. The SMILES string of the molecule is CCNC1COCC1C(=O)NC(COC)C(C)C. The van der Waals surface area contributed by atoms with E-state index in [1.165, 1.54) is 0 Å². The topological polar surface area (TPSA) is 59.6 Å². The molecule has 1 saturated heterocycles. The molecular weight excluding hydrogens is 232 g/mol. The molecule has 5 nitrogen and oxygen atoms in total. The Labute approximate surface area is 110 Å². The maximum absolute atomic E-state index is 12.2. The highest BCUT2D eigenvalue weighted by Gasteiger charge is 2.34. The highest BCUT2D eigenvalue weighted by atomic mass is 16.5. The van der Waals surface area contributed by atoms with Gasteiger partial charge in [-0.3, -0.25) is 4.79 Å². The minimum atomic E-state index is -0.0944. The van der Waals surface area contributed by atoms with Crippen molar-refractivity contribution in [1.82, 2.24) is 10.6 Å². The van der Waals surface area contributed by atoms with Gasteiger partial charge in [0.25, 0.3) is 0 Å². The number of hydrogen-bond acceptors (Lipinski definition) is 4. The van der Waals surface area contributed by atoms with Gasteiger partial charge < -0.3 is 20.1 Å². The van der Waals surface area contributed by atoms with Crippen LogP contribution in [0.25, 0.3) is 0 Å². The standard InChI is InChI=1S/C13H26N2O3/c1-5-14-12-8-18-6-10(12)13(16)15-11(7-17-4)9(2)3/h9-12,14H,5-8H2,1-4H3,(H,15,16). The van der Waals surface area contributed by atoms with Crippen molar-refractivity contribution in [2.75, 3.05) is 33.5 Å². The molecule has 0 bridgehead atoms. The van der Waals surface area contributed by atoms with Crippen LogP contribution >= 0.6 is 0 Å². The molecule has 1 fully saturated rings. The van der Waals surface area contributed by atoms with E-state index in [9.17, 15) is 4.79 Å². The molecule has 1 rings (SSSR count). The van der Waals surface area contributed by atoms with Gasteiger partial charge in [0.2, 0.25) is 5.91 Å². The zero-order valence-electron chi connectivity index (χ0n) is 11.9. The summed E-state index contributed by atoms with van der Waals surface area (Å²) in [4.78, 5) is 12.2. The molecule has 0 spiro atoms. The van der Waals surface area contributed by atoms with Gasteiger partial charge in [-0.1, -0.05) is 20.8 Å². The maximum atomic E-state index is 12.2. The van der Waals surface area contributed by atoms with E-state index in [1.54, 1.807) is 7.11 Å². The van der Waals surface area contributed by atoms with Crippen LogP contribution in [-0.4, -0.2) is 51.5 Å². The second-order valence-corrected chi connectivity index (χ2v) is 5.12. The van der Waals surface area contributed by atoms with Crippen molar-refractivity contribution in [3.63, 3.8) is 0 Å². The third kappa shape index (κ3) is 4.23. The lowest BCUT2D eigenvalue weighted by atomic mass is 10.00. The molecule has 0 aromatic carbocycles. The van der Waals surface area contributed by atoms with Crippen LogP contribution in [0.1, 0.15) is 20.8 Å². The van der Waals surface area contributed by atoms with E-state index in [0.717, 1.165) is 6.54 Å². The Morgan fingerprint density at radius 2 is 2.17 bits per heavy atom. The number of likely N-dealkylation sites (N-methyl/N-ethyl adjacent to an activating group) is 1. The fourth-order valence-corrected chi connectivity index (χ4v) is 2.15. The first kappa shape index (κ1) is 15.4. The molecule has 0 aromatic heterocycles.